The van der Waals surface area contributed by atoms with Crippen LogP contribution in [0, 0.1) is 5.92 Å². The minimum Gasteiger partial charge on any atom is -0.377 e. The van der Waals surface area contributed by atoms with Crippen LogP contribution in [0.25, 0.3) is 0 Å². The van der Waals surface area contributed by atoms with E-state index >= 15 is 0 Å². The minimum absolute atomic E-state index is 0.0409. The molecule has 0 aliphatic carbocycles. The predicted octanol–water partition coefficient (Wildman–Crippen LogP) is 0.916. The maximum Gasteiger partial charge on any atom is 0.220 e. The highest BCUT2D eigenvalue weighted by molar-refractivity contribution is 5.76. The van der Waals surface area contributed by atoms with E-state index in [1.807, 2.05) is 13.8 Å². The molecule has 1 amide bonds. The number of rotatable bonds is 6. The first-order chi connectivity index (χ1) is 7.43. The monoisotopic (exact) mass is 228 g/mol. The van der Waals surface area contributed by atoms with Crippen molar-refractivity contribution in [3.8, 4) is 0 Å². The van der Waals surface area contributed by atoms with Gasteiger partial charge < -0.3 is 15.4 Å². The lowest BCUT2D eigenvalue weighted by molar-refractivity contribution is -0.124. The maximum absolute atomic E-state index is 11.5. The van der Waals surface area contributed by atoms with Gasteiger partial charge in [-0.25, -0.2) is 0 Å². The molecule has 0 aromatic heterocycles. The van der Waals surface area contributed by atoms with Crippen LogP contribution in [0.5, 0.6) is 0 Å². The van der Waals surface area contributed by atoms with Gasteiger partial charge in [0.05, 0.1) is 18.8 Å². The number of carbonyl (C=O) groups is 1. The molecule has 4 heteroatoms. The van der Waals surface area contributed by atoms with Crippen LogP contribution in [0.4, 0.5) is 0 Å². The summed E-state index contributed by atoms with van der Waals surface area (Å²) in [6.45, 7) is 10.4. The van der Waals surface area contributed by atoms with Crippen LogP contribution in [0.1, 0.15) is 34.1 Å². The first kappa shape index (κ1) is 13.5. The Morgan fingerprint density at radius 2 is 1.94 bits per heavy atom. The Balaban J connectivity index is 2.31. The topological polar surface area (TPSA) is 50.4 Å². The van der Waals surface area contributed by atoms with Gasteiger partial charge in [0.2, 0.25) is 5.91 Å². The van der Waals surface area contributed by atoms with E-state index in [0.717, 1.165) is 0 Å². The highest BCUT2D eigenvalue weighted by Gasteiger charge is 2.38. The van der Waals surface area contributed by atoms with Gasteiger partial charge in [-0.2, -0.15) is 0 Å². The van der Waals surface area contributed by atoms with E-state index in [9.17, 15) is 4.79 Å². The van der Waals surface area contributed by atoms with Crippen LogP contribution in [0.2, 0.25) is 0 Å². The third kappa shape index (κ3) is 4.10. The third-order valence-electron chi connectivity index (χ3n) is 2.57. The van der Waals surface area contributed by atoms with Crippen molar-refractivity contribution in [1.82, 2.24) is 10.6 Å². The van der Waals surface area contributed by atoms with Crippen molar-refractivity contribution in [3.63, 3.8) is 0 Å². The lowest BCUT2D eigenvalue weighted by atomic mass is 9.96. The molecule has 16 heavy (non-hydrogen) atoms. The summed E-state index contributed by atoms with van der Waals surface area (Å²) >= 11 is 0. The van der Waals surface area contributed by atoms with Crippen LogP contribution < -0.4 is 10.6 Å². The van der Waals surface area contributed by atoms with Gasteiger partial charge in [0.1, 0.15) is 0 Å². The normalized spacial score (nSPS) is 18.6. The van der Waals surface area contributed by atoms with Crippen LogP contribution in [-0.4, -0.2) is 37.2 Å². The second-order valence-electron chi connectivity index (χ2n) is 5.45. The molecule has 4 nitrogen and oxygen atoms in total. The van der Waals surface area contributed by atoms with Gasteiger partial charge >= 0.3 is 0 Å². The number of hydrogen-bond acceptors (Lipinski definition) is 3. The summed E-state index contributed by atoms with van der Waals surface area (Å²) < 4.78 is 5.24. The van der Waals surface area contributed by atoms with Crippen LogP contribution in [0.15, 0.2) is 0 Å². The number of carbonyl (C=O) groups excluding carboxylic acids is 1. The molecule has 1 aliphatic heterocycles. The fourth-order valence-corrected chi connectivity index (χ4v) is 1.91. The fourth-order valence-electron chi connectivity index (χ4n) is 1.91. The molecule has 0 spiro atoms. The Kier molecular flexibility index (Phi) is 4.74. The van der Waals surface area contributed by atoms with Gasteiger partial charge in [-0.3, -0.25) is 4.79 Å². The van der Waals surface area contributed by atoms with E-state index in [1.54, 1.807) is 0 Å². The summed E-state index contributed by atoms with van der Waals surface area (Å²) in [6, 6.07) is 0.408. The lowest BCUT2D eigenvalue weighted by Crippen LogP contribution is -2.67. The summed E-state index contributed by atoms with van der Waals surface area (Å²) in [4.78, 5) is 11.5. The summed E-state index contributed by atoms with van der Waals surface area (Å²) in [5.41, 5.74) is -0.0409. The first-order valence-corrected chi connectivity index (χ1v) is 6.06. The van der Waals surface area contributed by atoms with Crippen molar-refractivity contribution in [3.05, 3.63) is 0 Å². The molecule has 0 radical (unpaired) electrons. The molecule has 1 saturated heterocycles. The van der Waals surface area contributed by atoms with E-state index < -0.39 is 0 Å². The molecule has 1 fully saturated rings. The second kappa shape index (κ2) is 5.64. The zero-order chi connectivity index (χ0) is 12.2. The van der Waals surface area contributed by atoms with Crippen molar-refractivity contribution < 1.29 is 9.53 Å². The number of amides is 1. The molecule has 1 aliphatic rings. The fraction of sp³-hybridized carbons (Fsp3) is 0.917. The number of hydrogen-bond donors (Lipinski definition) is 2. The highest BCUT2D eigenvalue weighted by Crippen LogP contribution is 2.16. The second-order valence-corrected chi connectivity index (χ2v) is 5.45. The van der Waals surface area contributed by atoms with E-state index in [2.05, 4.69) is 24.5 Å². The van der Waals surface area contributed by atoms with Gasteiger partial charge in [0.15, 0.2) is 0 Å². The van der Waals surface area contributed by atoms with Crippen LogP contribution in [-0.2, 0) is 9.53 Å². The zero-order valence-electron chi connectivity index (χ0n) is 10.8. The van der Waals surface area contributed by atoms with Gasteiger partial charge in [0.25, 0.3) is 0 Å². The van der Waals surface area contributed by atoms with E-state index in [0.29, 0.717) is 38.1 Å². The smallest absolute Gasteiger partial charge is 0.220 e. The summed E-state index contributed by atoms with van der Waals surface area (Å²) in [5.74, 6) is 0.540. The lowest BCUT2D eigenvalue weighted by Gasteiger charge is -2.43. The molecule has 0 saturated carbocycles. The third-order valence-corrected chi connectivity index (χ3v) is 2.57. The average Bonchev–Trinajstić information content (AvgIpc) is 2.07. The molecule has 0 aromatic rings. The van der Waals surface area contributed by atoms with Gasteiger partial charge in [0, 0.05) is 19.0 Å². The summed E-state index contributed by atoms with van der Waals surface area (Å²) in [6.07, 6.45) is 0.596. The van der Waals surface area contributed by atoms with E-state index in [1.165, 1.54) is 0 Å². The summed E-state index contributed by atoms with van der Waals surface area (Å²) in [5, 5.41) is 6.44. The SMILES string of the molecule is CC(C)CC(=O)NCC1(NC(C)C)COC1. The number of ether oxygens (including phenoxy) is 1. The molecule has 1 heterocycles. The van der Waals surface area contributed by atoms with E-state index in [-0.39, 0.29) is 11.4 Å². The Bertz CT molecular complexity index is 235. The maximum atomic E-state index is 11.5. The molecule has 0 atom stereocenters. The van der Waals surface area contributed by atoms with Crippen molar-refractivity contribution in [2.24, 2.45) is 5.92 Å². The molecule has 94 valence electrons. The Morgan fingerprint density at radius 1 is 1.31 bits per heavy atom. The van der Waals surface area contributed by atoms with E-state index in [4.69, 9.17) is 4.74 Å². The van der Waals surface area contributed by atoms with Gasteiger partial charge in [-0.05, 0) is 5.92 Å². The van der Waals surface area contributed by atoms with Crippen molar-refractivity contribution in [2.45, 2.75) is 45.7 Å². The largest absolute Gasteiger partial charge is 0.377 e. The molecule has 0 bridgehead atoms. The Labute approximate surface area is 98.1 Å². The zero-order valence-corrected chi connectivity index (χ0v) is 10.8. The molecular weight excluding hydrogens is 204 g/mol. The number of nitrogens with one attached hydrogen (secondary N) is 2. The summed E-state index contributed by atoms with van der Waals surface area (Å²) in [7, 11) is 0. The average molecular weight is 228 g/mol. The highest BCUT2D eigenvalue weighted by atomic mass is 16.5. The Hall–Kier alpha value is -0.610. The Morgan fingerprint density at radius 3 is 2.31 bits per heavy atom. The van der Waals surface area contributed by atoms with Gasteiger partial charge in [-0.1, -0.05) is 27.7 Å². The van der Waals surface area contributed by atoms with Crippen LogP contribution in [0.3, 0.4) is 0 Å². The molecule has 2 N–H and O–H groups in total. The van der Waals surface area contributed by atoms with Gasteiger partial charge in [-0.15, -0.1) is 0 Å². The minimum atomic E-state index is -0.0409. The molecular formula is C12H24N2O2. The van der Waals surface area contributed by atoms with Crippen molar-refractivity contribution in [2.75, 3.05) is 19.8 Å². The molecule has 1 rings (SSSR count). The first-order valence-electron chi connectivity index (χ1n) is 6.06. The van der Waals surface area contributed by atoms with Crippen molar-refractivity contribution >= 4 is 5.91 Å². The molecule has 0 unspecified atom stereocenters. The van der Waals surface area contributed by atoms with Crippen molar-refractivity contribution in [1.29, 1.82) is 0 Å². The standard InChI is InChI=1S/C12H24N2O2/c1-9(2)5-11(15)13-6-12(7-16-8-12)14-10(3)4/h9-10,14H,5-8H2,1-4H3,(H,13,15). The quantitative estimate of drug-likeness (QED) is 0.710. The molecule has 0 aromatic carbocycles. The van der Waals surface area contributed by atoms with Crippen LogP contribution >= 0.6 is 0 Å². The predicted molar refractivity (Wildman–Crippen MR) is 64.3 cm³/mol.